The van der Waals surface area contributed by atoms with E-state index in [0.717, 1.165) is 0 Å². The van der Waals surface area contributed by atoms with Gasteiger partial charge in [0.1, 0.15) is 0 Å². The summed E-state index contributed by atoms with van der Waals surface area (Å²) in [5.74, 6) is 0. The number of sulfonamides is 1. The van der Waals surface area contributed by atoms with Crippen molar-refractivity contribution in [3.05, 3.63) is 58.9 Å². The molecule has 0 amide bonds. The first-order valence-electron chi connectivity index (χ1n) is 5.91. The number of nitrogens with one attached hydrogen (secondary N) is 1. The third-order valence-corrected chi connectivity index (χ3v) is 4.47. The first-order valence-corrected chi connectivity index (χ1v) is 7.77. The Morgan fingerprint density at radius 1 is 1.25 bits per heavy atom. The van der Waals surface area contributed by atoms with E-state index in [4.69, 9.17) is 17.3 Å². The number of halogens is 1. The number of nitrogens with two attached hydrogens (primary N) is 1. The van der Waals surface area contributed by atoms with Gasteiger partial charge in [0.15, 0.2) is 0 Å². The van der Waals surface area contributed by atoms with Crippen molar-refractivity contribution in [3.63, 3.8) is 0 Å². The van der Waals surface area contributed by atoms with E-state index in [0.29, 0.717) is 16.3 Å². The standard InChI is InChI=1S/C13H14ClN3O2S/c14-13-7-12(5-4-10(13)8-15)20(18,19)17-9-11-3-1-2-6-16-11/h1-7,17H,8-9,15H2. The molecule has 0 atom stereocenters. The summed E-state index contributed by atoms with van der Waals surface area (Å²) in [4.78, 5) is 4.16. The molecule has 0 aliphatic rings. The van der Waals surface area contributed by atoms with Crippen LogP contribution in [0, 0.1) is 0 Å². The summed E-state index contributed by atoms with van der Waals surface area (Å²) in [5, 5.41) is 0.341. The molecule has 0 aliphatic heterocycles. The second-order valence-electron chi connectivity index (χ2n) is 4.10. The lowest BCUT2D eigenvalue weighted by Crippen LogP contribution is -2.23. The van der Waals surface area contributed by atoms with Gasteiger partial charge in [-0.3, -0.25) is 4.98 Å². The van der Waals surface area contributed by atoms with Gasteiger partial charge in [0, 0.05) is 17.8 Å². The molecule has 2 rings (SSSR count). The van der Waals surface area contributed by atoms with Crippen molar-refractivity contribution in [1.29, 1.82) is 0 Å². The van der Waals surface area contributed by atoms with Crippen molar-refractivity contribution in [3.8, 4) is 0 Å². The maximum atomic E-state index is 12.1. The van der Waals surface area contributed by atoms with Crippen molar-refractivity contribution in [2.24, 2.45) is 5.73 Å². The van der Waals surface area contributed by atoms with Gasteiger partial charge in [0.05, 0.1) is 17.1 Å². The normalized spacial score (nSPS) is 11.5. The van der Waals surface area contributed by atoms with Gasteiger partial charge in [-0.2, -0.15) is 0 Å². The lowest BCUT2D eigenvalue weighted by atomic mass is 10.2. The highest BCUT2D eigenvalue weighted by Gasteiger charge is 2.15. The van der Waals surface area contributed by atoms with Crippen LogP contribution in [0.1, 0.15) is 11.3 Å². The summed E-state index contributed by atoms with van der Waals surface area (Å²) in [5.41, 5.74) is 6.83. The van der Waals surface area contributed by atoms with E-state index in [-0.39, 0.29) is 18.0 Å². The number of aromatic nitrogens is 1. The molecule has 0 unspecified atom stereocenters. The molecule has 0 aliphatic carbocycles. The van der Waals surface area contributed by atoms with Crippen molar-refractivity contribution in [2.45, 2.75) is 18.0 Å². The molecular formula is C13H14ClN3O2S. The molecule has 0 bridgehead atoms. The molecular weight excluding hydrogens is 298 g/mol. The van der Waals surface area contributed by atoms with Gasteiger partial charge < -0.3 is 5.73 Å². The molecule has 1 aromatic carbocycles. The lowest BCUT2D eigenvalue weighted by Gasteiger charge is -2.08. The van der Waals surface area contributed by atoms with E-state index in [1.54, 1.807) is 30.5 Å². The molecule has 0 saturated carbocycles. The Balaban J connectivity index is 2.16. The van der Waals surface area contributed by atoms with Gasteiger partial charge in [-0.25, -0.2) is 13.1 Å². The van der Waals surface area contributed by atoms with Crippen LogP contribution >= 0.6 is 11.6 Å². The summed E-state index contributed by atoms with van der Waals surface area (Å²) < 4.78 is 26.7. The SMILES string of the molecule is NCc1ccc(S(=O)(=O)NCc2ccccn2)cc1Cl. The van der Waals surface area contributed by atoms with Crippen LogP contribution < -0.4 is 10.5 Å². The van der Waals surface area contributed by atoms with Crippen molar-refractivity contribution in [2.75, 3.05) is 0 Å². The average molecular weight is 312 g/mol. The monoisotopic (exact) mass is 311 g/mol. The molecule has 0 spiro atoms. The van der Waals surface area contributed by atoms with Crippen molar-refractivity contribution in [1.82, 2.24) is 9.71 Å². The Morgan fingerprint density at radius 2 is 2.05 bits per heavy atom. The van der Waals surface area contributed by atoms with Gasteiger partial charge in [-0.15, -0.1) is 0 Å². The molecule has 106 valence electrons. The first kappa shape index (κ1) is 14.9. The second kappa shape index (κ2) is 6.32. The smallest absolute Gasteiger partial charge is 0.240 e. The van der Waals surface area contributed by atoms with Gasteiger partial charge in [0.25, 0.3) is 0 Å². The molecule has 7 heteroatoms. The van der Waals surface area contributed by atoms with Crippen LogP contribution in [-0.2, 0) is 23.1 Å². The van der Waals surface area contributed by atoms with Crippen LogP contribution in [-0.4, -0.2) is 13.4 Å². The minimum absolute atomic E-state index is 0.107. The van der Waals surface area contributed by atoms with E-state index in [1.165, 1.54) is 12.1 Å². The third-order valence-electron chi connectivity index (χ3n) is 2.72. The lowest BCUT2D eigenvalue weighted by molar-refractivity contribution is 0.580. The predicted octanol–water partition coefficient (Wildman–Crippen LogP) is 1.67. The van der Waals surface area contributed by atoms with Crippen LogP contribution in [0.15, 0.2) is 47.5 Å². The zero-order valence-corrected chi connectivity index (χ0v) is 12.2. The largest absolute Gasteiger partial charge is 0.326 e. The fraction of sp³-hybridized carbons (Fsp3) is 0.154. The van der Waals surface area contributed by atoms with E-state index in [9.17, 15) is 8.42 Å². The highest BCUT2D eigenvalue weighted by Crippen LogP contribution is 2.20. The van der Waals surface area contributed by atoms with Gasteiger partial charge in [0.2, 0.25) is 10.0 Å². The molecule has 20 heavy (non-hydrogen) atoms. The zero-order chi connectivity index (χ0) is 14.6. The average Bonchev–Trinajstić information content (AvgIpc) is 2.46. The molecule has 1 aromatic heterocycles. The summed E-state index contributed by atoms with van der Waals surface area (Å²) in [6, 6.07) is 9.79. The van der Waals surface area contributed by atoms with Crippen LogP contribution in [0.4, 0.5) is 0 Å². The van der Waals surface area contributed by atoms with E-state index in [1.807, 2.05) is 0 Å². The summed E-state index contributed by atoms with van der Waals surface area (Å²) >= 11 is 5.97. The molecule has 3 N–H and O–H groups in total. The highest BCUT2D eigenvalue weighted by molar-refractivity contribution is 7.89. The van der Waals surface area contributed by atoms with Gasteiger partial charge in [-0.1, -0.05) is 23.7 Å². The van der Waals surface area contributed by atoms with Crippen LogP contribution in [0.5, 0.6) is 0 Å². The molecule has 2 aromatic rings. The van der Waals surface area contributed by atoms with Crippen molar-refractivity contribution >= 4 is 21.6 Å². The Bertz CT molecular complexity index is 690. The summed E-state index contributed by atoms with van der Waals surface area (Å²) in [6.07, 6.45) is 1.61. The minimum atomic E-state index is -3.62. The maximum absolute atomic E-state index is 12.1. The number of benzene rings is 1. The van der Waals surface area contributed by atoms with Crippen molar-refractivity contribution < 1.29 is 8.42 Å². The first-order chi connectivity index (χ1) is 9.53. The summed E-state index contributed by atoms with van der Waals surface area (Å²) in [7, 11) is -3.62. The molecule has 0 saturated heterocycles. The fourth-order valence-electron chi connectivity index (χ4n) is 1.62. The predicted molar refractivity (Wildman–Crippen MR) is 77.6 cm³/mol. The third kappa shape index (κ3) is 3.55. The van der Waals surface area contributed by atoms with E-state index < -0.39 is 10.0 Å². The number of nitrogens with zero attached hydrogens (tertiary/aromatic N) is 1. The zero-order valence-electron chi connectivity index (χ0n) is 10.6. The fourth-order valence-corrected chi connectivity index (χ4v) is 2.96. The highest BCUT2D eigenvalue weighted by atomic mass is 35.5. The Kier molecular flexibility index (Phi) is 4.72. The van der Waals surface area contributed by atoms with Crippen LogP contribution in [0.3, 0.4) is 0 Å². The molecule has 0 radical (unpaired) electrons. The second-order valence-corrected chi connectivity index (χ2v) is 6.28. The Morgan fingerprint density at radius 3 is 2.65 bits per heavy atom. The number of rotatable bonds is 5. The topological polar surface area (TPSA) is 85.1 Å². The maximum Gasteiger partial charge on any atom is 0.240 e. The molecule has 5 nitrogen and oxygen atoms in total. The van der Waals surface area contributed by atoms with E-state index in [2.05, 4.69) is 9.71 Å². The van der Waals surface area contributed by atoms with Gasteiger partial charge >= 0.3 is 0 Å². The summed E-state index contributed by atoms with van der Waals surface area (Å²) in [6.45, 7) is 0.389. The number of pyridine rings is 1. The minimum Gasteiger partial charge on any atom is -0.326 e. The van der Waals surface area contributed by atoms with Crippen LogP contribution in [0.2, 0.25) is 5.02 Å². The van der Waals surface area contributed by atoms with Crippen LogP contribution in [0.25, 0.3) is 0 Å². The number of hydrogen-bond acceptors (Lipinski definition) is 4. The quantitative estimate of drug-likeness (QED) is 0.879. The molecule has 1 heterocycles. The molecule has 0 fully saturated rings. The van der Waals surface area contributed by atoms with E-state index >= 15 is 0 Å². The Hall–Kier alpha value is -1.47. The Labute approximate surface area is 122 Å². The number of hydrogen-bond donors (Lipinski definition) is 2. The van der Waals surface area contributed by atoms with Gasteiger partial charge in [-0.05, 0) is 29.8 Å².